The molecule has 0 unspecified atom stereocenters. The molecule has 0 aliphatic carbocycles. The number of aryl methyl sites for hydroxylation is 1. The smallest absolute Gasteiger partial charge is 0.341 e. The highest BCUT2D eigenvalue weighted by molar-refractivity contribution is 5.90. The van der Waals surface area contributed by atoms with Crippen LogP contribution in [0.3, 0.4) is 0 Å². The molecule has 0 atom stereocenters. The second-order valence-electron chi connectivity index (χ2n) is 4.73. The third-order valence-corrected chi connectivity index (χ3v) is 3.17. The van der Waals surface area contributed by atoms with Gasteiger partial charge in [-0.3, -0.25) is 0 Å². The van der Waals surface area contributed by atoms with Crippen LogP contribution in [0.15, 0.2) is 12.1 Å². The maximum atomic E-state index is 11.1. The number of nitrogens with zero attached hydrogens (tertiary/aromatic N) is 2. The number of hydrogen-bond acceptors (Lipinski definition) is 4. The molecule has 2 heterocycles. The molecule has 0 aromatic carbocycles. The van der Waals surface area contributed by atoms with Crippen LogP contribution in [0.25, 0.3) is 0 Å². The van der Waals surface area contributed by atoms with Crippen LogP contribution in [0.5, 0.6) is 5.88 Å². The predicted molar refractivity (Wildman–Crippen MR) is 67.1 cm³/mol. The van der Waals surface area contributed by atoms with Crippen LogP contribution in [-0.2, 0) is 0 Å². The van der Waals surface area contributed by atoms with E-state index in [1.807, 2.05) is 6.92 Å². The normalized spacial score (nSPS) is 17.7. The number of carbonyl (C=O) groups is 1. The molecule has 5 nitrogen and oxygen atoms in total. The minimum absolute atomic E-state index is 0.0635. The van der Waals surface area contributed by atoms with Crippen molar-refractivity contribution in [2.75, 3.05) is 20.1 Å². The molecule has 0 radical (unpaired) electrons. The van der Waals surface area contributed by atoms with E-state index in [1.165, 1.54) is 0 Å². The Morgan fingerprint density at radius 2 is 2.11 bits per heavy atom. The van der Waals surface area contributed by atoms with Crippen molar-refractivity contribution in [2.24, 2.45) is 0 Å². The van der Waals surface area contributed by atoms with E-state index < -0.39 is 5.97 Å². The first kappa shape index (κ1) is 12.8. The molecule has 18 heavy (non-hydrogen) atoms. The van der Waals surface area contributed by atoms with Gasteiger partial charge in [0.2, 0.25) is 5.88 Å². The minimum Gasteiger partial charge on any atom is -0.477 e. The third-order valence-electron chi connectivity index (χ3n) is 3.17. The van der Waals surface area contributed by atoms with E-state index in [1.54, 1.807) is 12.1 Å². The molecule has 0 amide bonds. The third kappa shape index (κ3) is 2.98. The molecular weight excluding hydrogens is 232 g/mol. The van der Waals surface area contributed by atoms with Crippen LogP contribution < -0.4 is 4.74 Å². The molecule has 5 heteroatoms. The first-order valence-corrected chi connectivity index (χ1v) is 6.12. The lowest BCUT2D eigenvalue weighted by Crippen LogP contribution is -2.36. The summed E-state index contributed by atoms with van der Waals surface area (Å²) in [5.41, 5.74) is 0.905. The van der Waals surface area contributed by atoms with Crippen molar-refractivity contribution in [1.82, 2.24) is 9.88 Å². The van der Waals surface area contributed by atoms with Gasteiger partial charge >= 0.3 is 5.97 Å². The zero-order valence-corrected chi connectivity index (χ0v) is 10.7. The van der Waals surface area contributed by atoms with Gasteiger partial charge < -0.3 is 14.7 Å². The van der Waals surface area contributed by atoms with Crippen LogP contribution in [0, 0.1) is 6.92 Å². The Balaban J connectivity index is 2.12. The Morgan fingerprint density at radius 1 is 1.44 bits per heavy atom. The maximum absolute atomic E-state index is 11.1. The Labute approximate surface area is 106 Å². The summed E-state index contributed by atoms with van der Waals surface area (Å²) in [6, 6.07) is 3.24. The molecule has 1 aliphatic rings. The Kier molecular flexibility index (Phi) is 3.81. The molecule has 0 spiro atoms. The lowest BCUT2D eigenvalue weighted by atomic mass is 10.1. The molecule has 1 aliphatic heterocycles. The number of carboxylic acid groups (broad SMARTS) is 1. The van der Waals surface area contributed by atoms with Crippen LogP contribution in [0.2, 0.25) is 0 Å². The lowest BCUT2D eigenvalue weighted by molar-refractivity contribution is 0.0677. The van der Waals surface area contributed by atoms with Crippen molar-refractivity contribution >= 4 is 5.97 Å². The summed E-state index contributed by atoms with van der Waals surface area (Å²) >= 11 is 0. The standard InChI is InChI=1S/C13H18N2O3/c1-9-3-4-11(13(16)17)12(14-9)18-10-5-7-15(2)8-6-10/h3-4,10H,5-8H2,1-2H3,(H,16,17). The second kappa shape index (κ2) is 5.35. The number of pyridine rings is 1. The van der Waals surface area contributed by atoms with Gasteiger partial charge in [0, 0.05) is 18.8 Å². The van der Waals surface area contributed by atoms with Gasteiger partial charge in [0.25, 0.3) is 0 Å². The van der Waals surface area contributed by atoms with Gasteiger partial charge in [0.15, 0.2) is 0 Å². The summed E-state index contributed by atoms with van der Waals surface area (Å²) in [6.45, 7) is 3.77. The molecule has 1 aromatic heterocycles. The molecule has 0 saturated carbocycles. The summed E-state index contributed by atoms with van der Waals surface area (Å²) < 4.78 is 5.76. The van der Waals surface area contributed by atoms with E-state index in [0.717, 1.165) is 31.6 Å². The zero-order valence-electron chi connectivity index (χ0n) is 10.7. The SMILES string of the molecule is Cc1ccc(C(=O)O)c(OC2CCN(C)CC2)n1. The Morgan fingerprint density at radius 3 is 2.72 bits per heavy atom. The fourth-order valence-corrected chi connectivity index (χ4v) is 2.05. The van der Waals surface area contributed by atoms with Gasteiger partial charge in [-0.1, -0.05) is 0 Å². The monoisotopic (exact) mass is 250 g/mol. The van der Waals surface area contributed by atoms with E-state index in [0.29, 0.717) is 0 Å². The highest BCUT2D eigenvalue weighted by Gasteiger charge is 2.21. The highest BCUT2D eigenvalue weighted by atomic mass is 16.5. The fourth-order valence-electron chi connectivity index (χ4n) is 2.05. The quantitative estimate of drug-likeness (QED) is 0.882. The number of aromatic nitrogens is 1. The van der Waals surface area contributed by atoms with Crippen molar-refractivity contribution in [3.8, 4) is 5.88 Å². The van der Waals surface area contributed by atoms with Crippen molar-refractivity contribution in [3.05, 3.63) is 23.4 Å². The summed E-state index contributed by atoms with van der Waals surface area (Å²) in [5, 5.41) is 9.10. The first-order valence-electron chi connectivity index (χ1n) is 6.12. The summed E-state index contributed by atoms with van der Waals surface area (Å²) in [5.74, 6) is -0.748. The number of likely N-dealkylation sites (tertiary alicyclic amines) is 1. The summed E-state index contributed by atoms with van der Waals surface area (Å²) in [4.78, 5) is 17.5. The lowest BCUT2D eigenvalue weighted by Gasteiger charge is -2.29. The van der Waals surface area contributed by atoms with Crippen LogP contribution in [0.4, 0.5) is 0 Å². The summed E-state index contributed by atoms with van der Waals surface area (Å²) in [6.07, 6.45) is 1.88. The fraction of sp³-hybridized carbons (Fsp3) is 0.538. The van der Waals surface area contributed by atoms with Crippen LogP contribution in [0.1, 0.15) is 28.9 Å². The van der Waals surface area contributed by atoms with Crippen molar-refractivity contribution < 1.29 is 14.6 Å². The predicted octanol–water partition coefficient (Wildman–Crippen LogP) is 1.56. The number of ether oxygens (including phenoxy) is 1. The Hall–Kier alpha value is -1.62. The molecular formula is C13H18N2O3. The van der Waals surface area contributed by atoms with Crippen molar-refractivity contribution in [3.63, 3.8) is 0 Å². The molecule has 2 rings (SSSR count). The average molecular weight is 250 g/mol. The largest absolute Gasteiger partial charge is 0.477 e. The van der Waals surface area contributed by atoms with E-state index in [4.69, 9.17) is 9.84 Å². The highest BCUT2D eigenvalue weighted by Crippen LogP contribution is 2.21. The topological polar surface area (TPSA) is 62.7 Å². The second-order valence-corrected chi connectivity index (χ2v) is 4.73. The van der Waals surface area contributed by atoms with E-state index in [9.17, 15) is 4.79 Å². The number of aromatic carboxylic acids is 1. The molecule has 1 fully saturated rings. The first-order chi connectivity index (χ1) is 8.56. The molecule has 1 aromatic rings. The van der Waals surface area contributed by atoms with Gasteiger partial charge in [0.05, 0.1) is 0 Å². The maximum Gasteiger partial charge on any atom is 0.341 e. The van der Waals surface area contributed by atoms with Crippen molar-refractivity contribution in [1.29, 1.82) is 0 Å². The Bertz CT molecular complexity index is 440. The van der Waals surface area contributed by atoms with Gasteiger partial charge in [-0.15, -0.1) is 0 Å². The molecule has 1 N–H and O–H groups in total. The van der Waals surface area contributed by atoms with Crippen LogP contribution in [-0.4, -0.2) is 47.2 Å². The molecule has 0 bridgehead atoms. The van der Waals surface area contributed by atoms with Gasteiger partial charge in [0.1, 0.15) is 11.7 Å². The van der Waals surface area contributed by atoms with E-state index >= 15 is 0 Å². The van der Waals surface area contributed by atoms with Crippen molar-refractivity contribution in [2.45, 2.75) is 25.9 Å². The minimum atomic E-state index is -0.995. The number of carboxylic acids is 1. The molecule has 98 valence electrons. The van der Waals surface area contributed by atoms with Gasteiger partial charge in [-0.25, -0.2) is 9.78 Å². The van der Waals surface area contributed by atoms with Crippen LogP contribution >= 0.6 is 0 Å². The van der Waals surface area contributed by atoms with Gasteiger partial charge in [-0.05, 0) is 38.9 Å². The summed E-state index contributed by atoms with van der Waals surface area (Å²) in [7, 11) is 2.07. The average Bonchev–Trinajstić information content (AvgIpc) is 2.32. The number of hydrogen-bond donors (Lipinski definition) is 1. The number of rotatable bonds is 3. The number of piperidine rings is 1. The van der Waals surface area contributed by atoms with Gasteiger partial charge in [-0.2, -0.15) is 0 Å². The van der Waals surface area contributed by atoms with E-state index in [-0.39, 0.29) is 17.5 Å². The molecule has 1 saturated heterocycles. The van der Waals surface area contributed by atoms with E-state index in [2.05, 4.69) is 16.9 Å². The zero-order chi connectivity index (χ0) is 13.1.